The standard InChI is InChI=1S/C31H41F6NO5Si/c1-28(2,3)44(7,8)43-12-10-29(18-20-13-22(30(32,33)34)17-23(14-20)31(35,36)37)9-11-38(27(29)39)19-21-15-24(40-4)26(42-6)25(16-21)41-5/h13-17H,9-12,18-19H2,1-8H3. The average molecular weight is 650 g/mol. The number of nitrogens with zero attached hydrogens (tertiary/aromatic N) is 1. The van der Waals surface area contributed by atoms with Crippen molar-refractivity contribution >= 4 is 14.2 Å². The third kappa shape index (κ3) is 7.82. The van der Waals surface area contributed by atoms with Gasteiger partial charge in [0.1, 0.15) is 0 Å². The molecule has 0 N–H and O–H groups in total. The summed E-state index contributed by atoms with van der Waals surface area (Å²) in [7, 11) is 2.12. The summed E-state index contributed by atoms with van der Waals surface area (Å²) >= 11 is 0. The second-order valence-corrected chi connectivity index (χ2v) is 17.5. The number of halogens is 6. The highest BCUT2D eigenvalue weighted by Gasteiger charge is 2.48. The predicted octanol–water partition coefficient (Wildman–Crippen LogP) is 8.12. The van der Waals surface area contributed by atoms with Gasteiger partial charge in [0, 0.05) is 19.7 Å². The fraction of sp³-hybridized carbons (Fsp3) is 0.581. The molecule has 0 spiro atoms. The first kappa shape index (κ1) is 35.5. The van der Waals surface area contributed by atoms with E-state index < -0.39 is 37.2 Å². The van der Waals surface area contributed by atoms with Crippen molar-refractivity contribution in [2.75, 3.05) is 34.5 Å². The zero-order valence-electron chi connectivity index (χ0n) is 26.4. The Morgan fingerprint density at radius 3 is 1.77 bits per heavy atom. The van der Waals surface area contributed by atoms with Gasteiger partial charge in [-0.05, 0) is 78.9 Å². The lowest BCUT2D eigenvalue weighted by Gasteiger charge is -2.37. The van der Waals surface area contributed by atoms with Crippen molar-refractivity contribution in [3.63, 3.8) is 0 Å². The molecule has 1 aliphatic heterocycles. The van der Waals surface area contributed by atoms with Gasteiger partial charge in [0.05, 0.1) is 37.9 Å². The van der Waals surface area contributed by atoms with E-state index in [0.29, 0.717) is 34.9 Å². The molecule has 1 amide bonds. The summed E-state index contributed by atoms with van der Waals surface area (Å²) in [5.41, 5.74) is -3.64. The lowest BCUT2D eigenvalue weighted by atomic mass is 9.77. The fourth-order valence-electron chi connectivity index (χ4n) is 5.21. The van der Waals surface area contributed by atoms with Crippen LogP contribution in [0.15, 0.2) is 30.3 Å². The maximum atomic E-state index is 14.1. The molecule has 6 nitrogen and oxygen atoms in total. The second-order valence-electron chi connectivity index (χ2n) is 12.7. The van der Waals surface area contributed by atoms with E-state index in [9.17, 15) is 31.1 Å². The minimum absolute atomic E-state index is 0.101. The van der Waals surface area contributed by atoms with Crippen LogP contribution in [0.5, 0.6) is 17.2 Å². The first-order chi connectivity index (χ1) is 20.2. The Morgan fingerprint density at radius 2 is 1.34 bits per heavy atom. The molecule has 0 radical (unpaired) electrons. The predicted molar refractivity (Wildman–Crippen MR) is 156 cm³/mol. The molecule has 0 aromatic heterocycles. The monoisotopic (exact) mass is 649 g/mol. The molecule has 0 saturated carbocycles. The van der Waals surface area contributed by atoms with Crippen molar-refractivity contribution in [1.29, 1.82) is 0 Å². The van der Waals surface area contributed by atoms with Crippen LogP contribution in [-0.2, 0) is 34.5 Å². The van der Waals surface area contributed by atoms with Gasteiger partial charge in [-0.3, -0.25) is 4.79 Å². The van der Waals surface area contributed by atoms with E-state index in [4.69, 9.17) is 18.6 Å². The van der Waals surface area contributed by atoms with Crippen LogP contribution in [0.25, 0.3) is 0 Å². The molecule has 0 bridgehead atoms. The molecule has 1 fully saturated rings. The highest BCUT2D eigenvalue weighted by Crippen LogP contribution is 2.45. The number of hydrogen-bond acceptors (Lipinski definition) is 5. The molecule has 44 heavy (non-hydrogen) atoms. The lowest BCUT2D eigenvalue weighted by Crippen LogP contribution is -2.43. The maximum Gasteiger partial charge on any atom is 0.416 e. The third-order valence-electron chi connectivity index (χ3n) is 8.74. The minimum atomic E-state index is -4.99. The van der Waals surface area contributed by atoms with Gasteiger partial charge in [0.25, 0.3) is 0 Å². The molecule has 246 valence electrons. The molecule has 1 aliphatic rings. The summed E-state index contributed by atoms with van der Waals surface area (Å²) in [6.07, 6.45) is -9.92. The Morgan fingerprint density at radius 1 is 0.818 bits per heavy atom. The number of carbonyl (C=O) groups excluding carboxylic acids is 1. The largest absolute Gasteiger partial charge is 0.493 e. The second kappa shape index (κ2) is 12.8. The van der Waals surface area contributed by atoms with Crippen LogP contribution in [0.1, 0.15) is 55.9 Å². The van der Waals surface area contributed by atoms with Crippen LogP contribution in [-0.4, -0.2) is 53.6 Å². The van der Waals surface area contributed by atoms with Gasteiger partial charge in [-0.15, -0.1) is 0 Å². The molecule has 2 aromatic carbocycles. The van der Waals surface area contributed by atoms with Crippen LogP contribution in [0.3, 0.4) is 0 Å². The highest BCUT2D eigenvalue weighted by molar-refractivity contribution is 6.74. The van der Waals surface area contributed by atoms with Gasteiger partial charge < -0.3 is 23.5 Å². The van der Waals surface area contributed by atoms with Crippen molar-refractivity contribution in [3.8, 4) is 17.2 Å². The Labute approximate surface area is 255 Å². The van der Waals surface area contributed by atoms with Crippen molar-refractivity contribution < 1.29 is 49.8 Å². The Bertz CT molecular complexity index is 1280. The number of benzene rings is 2. The first-order valence-corrected chi connectivity index (χ1v) is 17.1. The van der Waals surface area contributed by atoms with Gasteiger partial charge in [-0.2, -0.15) is 26.3 Å². The molecule has 3 rings (SSSR count). The number of likely N-dealkylation sites (tertiary alicyclic amines) is 1. The normalized spacial score (nSPS) is 18.1. The van der Waals surface area contributed by atoms with Gasteiger partial charge in [-0.1, -0.05) is 20.8 Å². The van der Waals surface area contributed by atoms with Crippen LogP contribution < -0.4 is 14.2 Å². The van der Waals surface area contributed by atoms with Crippen molar-refractivity contribution in [2.45, 2.75) is 77.1 Å². The van der Waals surface area contributed by atoms with E-state index in [0.717, 1.165) is 0 Å². The summed E-state index contributed by atoms with van der Waals surface area (Å²) < 4.78 is 104. The van der Waals surface area contributed by atoms with Crippen molar-refractivity contribution in [1.82, 2.24) is 4.90 Å². The summed E-state index contributed by atoms with van der Waals surface area (Å²) in [4.78, 5) is 15.7. The van der Waals surface area contributed by atoms with E-state index >= 15 is 0 Å². The molecule has 2 aromatic rings. The quantitative estimate of drug-likeness (QED) is 0.182. The van der Waals surface area contributed by atoms with Crippen LogP contribution in [0.4, 0.5) is 26.3 Å². The first-order valence-electron chi connectivity index (χ1n) is 14.2. The lowest BCUT2D eigenvalue weighted by molar-refractivity contribution is -0.143. The van der Waals surface area contributed by atoms with E-state index in [1.807, 2.05) is 13.1 Å². The number of rotatable bonds is 11. The van der Waals surface area contributed by atoms with Crippen LogP contribution in [0.2, 0.25) is 18.1 Å². The number of methoxy groups -OCH3 is 3. The average Bonchev–Trinajstić information content (AvgIpc) is 3.20. The number of alkyl halides is 6. The number of amides is 1. The zero-order valence-corrected chi connectivity index (χ0v) is 27.4. The Kier molecular flexibility index (Phi) is 10.4. The zero-order chi connectivity index (χ0) is 33.3. The topological polar surface area (TPSA) is 57.2 Å². The van der Waals surface area contributed by atoms with Gasteiger partial charge >= 0.3 is 12.4 Å². The molecule has 1 heterocycles. The van der Waals surface area contributed by atoms with E-state index in [-0.39, 0.29) is 61.5 Å². The number of ether oxygens (including phenoxy) is 3. The fourth-order valence-corrected chi connectivity index (χ4v) is 6.25. The molecular formula is C31H41F6NO5Si. The van der Waals surface area contributed by atoms with E-state index in [1.165, 1.54) is 21.3 Å². The van der Waals surface area contributed by atoms with Crippen molar-refractivity contribution in [2.24, 2.45) is 5.41 Å². The van der Waals surface area contributed by atoms with E-state index in [1.54, 1.807) is 17.0 Å². The summed E-state index contributed by atoms with van der Waals surface area (Å²) in [5.74, 6) is 0.766. The molecule has 1 atom stereocenters. The van der Waals surface area contributed by atoms with Gasteiger partial charge in [0.2, 0.25) is 11.7 Å². The molecular weight excluding hydrogens is 608 g/mol. The summed E-state index contributed by atoms with van der Waals surface area (Å²) in [5, 5.41) is -0.138. The number of carbonyl (C=O) groups is 1. The summed E-state index contributed by atoms with van der Waals surface area (Å²) in [6.45, 7) is 10.7. The van der Waals surface area contributed by atoms with E-state index in [2.05, 4.69) is 20.8 Å². The molecule has 1 saturated heterocycles. The molecule has 13 heteroatoms. The van der Waals surface area contributed by atoms with Crippen molar-refractivity contribution in [3.05, 3.63) is 52.6 Å². The van der Waals surface area contributed by atoms with Gasteiger partial charge in [0.15, 0.2) is 19.8 Å². The maximum absolute atomic E-state index is 14.1. The Balaban J connectivity index is 2.02. The molecule has 1 unspecified atom stereocenters. The highest BCUT2D eigenvalue weighted by atomic mass is 28.4. The van der Waals surface area contributed by atoms with Gasteiger partial charge in [-0.25, -0.2) is 0 Å². The minimum Gasteiger partial charge on any atom is -0.493 e. The summed E-state index contributed by atoms with van der Waals surface area (Å²) in [6, 6.07) is 4.90. The molecule has 0 aliphatic carbocycles. The van der Waals surface area contributed by atoms with Crippen LogP contribution in [0, 0.1) is 5.41 Å². The third-order valence-corrected chi connectivity index (χ3v) is 13.3. The smallest absolute Gasteiger partial charge is 0.416 e. The SMILES string of the molecule is COc1cc(CN2CCC(CCO[Si](C)(C)C(C)(C)C)(Cc3cc(C(F)(F)F)cc(C(F)(F)F)c3)C2=O)cc(OC)c1OC. The van der Waals surface area contributed by atoms with Crippen LogP contribution >= 0.6 is 0 Å². The number of hydrogen-bond donors (Lipinski definition) is 0. The Hall–Kier alpha value is -2.93.